The zero-order chi connectivity index (χ0) is 14.5. The van der Waals surface area contributed by atoms with Crippen molar-refractivity contribution in [1.29, 1.82) is 0 Å². The predicted octanol–water partition coefficient (Wildman–Crippen LogP) is 3.12. The third kappa shape index (κ3) is 3.16. The van der Waals surface area contributed by atoms with Gasteiger partial charge in [-0.05, 0) is 25.8 Å². The van der Waals surface area contributed by atoms with E-state index in [0.717, 1.165) is 30.7 Å². The summed E-state index contributed by atoms with van der Waals surface area (Å²) in [5.41, 5.74) is 5.73. The lowest BCUT2D eigenvalue weighted by molar-refractivity contribution is 0.411. The van der Waals surface area contributed by atoms with Gasteiger partial charge >= 0.3 is 0 Å². The summed E-state index contributed by atoms with van der Waals surface area (Å²) in [6, 6.07) is 8.98. The number of anilines is 1. The molecule has 1 aromatic carbocycles. The minimum absolute atomic E-state index is 0.588. The van der Waals surface area contributed by atoms with Crippen molar-refractivity contribution >= 4 is 16.6 Å². The molecule has 2 aromatic rings. The zero-order valence-corrected chi connectivity index (χ0v) is 12.5. The maximum absolute atomic E-state index is 5.73. The molecule has 2 N–H and O–H groups in total. The highest BCUT2D eigenvalue weighted by Gasteiger charge is 2.23. The fourth-order valence-corrected chi connectivity index (χ4v) is 3.34. The van der Waals surface area contributed by atoms with Crippen LogP contribution >= 0.6 is 0 Å². The van der Waals surface area contributed by atoms with Crippen LogP contribution in [-0.2, 0) is 0 Å². The van der Waals surface area contributed by atoms with Gasteiger partial charge in [0.05, 0.1) is 6.20 Å². The van der Waals surface area contributed by atoms with Crippen LogP contribution in [0.3, 0.4) is 0 Å². The lowest BCUT2D eigenvalue weighted by Gasteiger charge is -2.35. The number of benzene rings is 1. The van der Waals surface area contributed by atoms with Crippen molar-refractivity contribution in [2.75, 3.05) is 18.0 Å². The van der Waals surface area contributed by atoms with Crippen LogP contribution < -0.4 is 10.6 Å². The van der Waals surface area contributed by atoms with E-state index in [-0.39, 0.29) is 0 Å². The van der Waals surface area contributed by atoms with E-state index >= 15 is 0 Å². The maximum Gasteiger partial charge on any atom is 0.159 e. The highest BCUT2D eigenvalue weighted by Crippen LogP contribution is 2.30. The van der Waals surface area contributed by atoms with Crippen LogP contribution in [0.25, 0.3) is 10.8 Å². The van der Waals surface area contributed by atoms with Crippen molar-refractivity contribution < 1.29 is 0 Å². The van der Waals surface area contributed by atoms with E-state index in [1.54, 1.807) is 0 Å². The van der Waals surface area contributed by atoms with E-state index in [4.69, 9.17) is 5.73 Å². The van der Waals surface area contributed by atoms with Crippen molar-refractivity contribution in [3.05, 3.63) is 30.5 Å². The van der Waals surface area contributed by atoms with Crippen LogP contribution in [0.15, 0.2) is 30.5 Å². The summed E-state index contributed by atoms with van der Waals surface area (Å²) in [6.45, 7) is 1.70. The van der Waals surface area contributed by atoms with Gasteiger partial charge < -0.3 is 10.6 Å². The van der Waals surface area contributed by atoms with Crippen molar-refractivity contribution in [3.8, 4) is 0 Å². The van der Waals surface area contributed by atoms with Gasteiger partial charge in [-0.15, -0.1) is 5.10 Å². The minimum atomic E-state index is 0.588. The maximum atomic E-state index is 5.73. The molecule has 1 fully saturated rings. The first-order valence-electron chi connectivity index (χ1n) is 8.07. The molecule has 0 bridgehead atoms. The van der Waals surface area contributed by atoms with Crippen molar-refractivity contribution in [2.24, 2.45) is 5.73 Å². The van der Waals surface area contributed by atoms with E-state index in [2.05, 4.69) is 39.4 Å². The van der Waals surface area contributed by atoms with E-state index in [9.17, 15) is 0 Å². The second-order valence-corrected chi connectivity index (χ2v) is 5.88. The summed E-state index contributed by atoms with van der Waals surface area (Å²) < 4.78 is 0. The Balaban J connectivity index is 1.96. The van der Waals surface area contributed by atoms with Gasteiger partial charge in [-0.1, -0.05) is 43.5 Å². The third-order valence-corrected chi connectivity index (χ3v) is 4.44. The largest absolute Gasteiger partial charge is 0.352 e. The molecule has 0 saturated heterocycles. The first kappa shape index (κ1) is 14.3. The number of nitrogens with zero attached hydrogens (tertiary/aromatic N) is 3. The van der Waals surface area contributed by atoms with Gasteiger partial charge in [-0.3, -0.25) is 0 Å². The van der Waals surface area contributed by atoms with Crippen LogP contribution in [0.2, 0.25) is 0 Å². The van der Waals surface area contributed by atoms with Gasteiger partial charge in [0.15, 0.2) is 5.82 Å². The third-order valence-electron chi connectivity index (χ3n) is 4.44. The van der Waals surface area contributed by atoms with Crippen molar-refractivity contribution in [1.82, 2.24) is 10.2 Å². The van der Waals surface area contributed by atoms with Gasteiger partial charge in [0, 0.05) is 23.4 Å². The number of rotatable bonds is 5. The van der Waals surface area contributed by atoms with E-state index in [0.29, 0.717) is 6.04 Å². The quantitative estimate of drug-likeness (QED) is 0.916. The number of nitrogens with two attached hydrogens (primary N) is 1. The molecule has 0 amide bonds. The smallest absolute Gasteiger partial charge is 0.159 e. The van der Waals surface area contributed by atoms with E-state index in [1.807, 2.05) is 6.20 Å². The summed E-state index contributed by atoms with van der Waals surface area (Å²) in [4.78, 5) is 2.46. The molecular formula is C17H24N4. The topological polar surface area (TPSA) is 55.0 Å². The second kappa shape index (κ2) is 6.85. The van der Waals surface area contributed by atoms with Crippen LogP contribution in [0.5, 0.6) is 0 Å². The standard InChI is InChI=1S/C17H24N4/c18-11-6-12-21(15-8-2-1-3-9-15)17-16-10-5-4-7-14(16)13-19-20-17/h4-5,7,10,13,15H,1-3,6,8-9,11-12,18H2. The molecule has 1 aliphatic carbocycles. The zero-order valence-electron chi connectivity index (χ0n) is 12.5. The first-order chi connectivity index (χ1) is 10.4. The van der Waals surface area contributed by atoms with Gasteiger partial charge in [0.2, 0.25) is 0 Å². The molecule has 4 nitrogen and oxygen atoms in total. The molecule has 0 spiro atoms. The molecule has 1 aliphatic rings. The van der Waals surface area contributed by atoms with Crippen molar-refractivity contribution in [2.45, 2.75) is 44.6 Å². The van der Waals surface area contributed by atoms with E-state index in [1.165, 1.54) is 37.5 Å². The molecule has 112 valence electrons. The number of hydrogen-bond acceptors (Lipinski definition) is 4. The normalized spacial score (nSPS) is 16.2. The number of aromatic nitrogens is 2. The Labute approximate surface area is 126 Å². The summed E-state index contributed by atoms with van der Waals surface area (Å²) in [7, 11) is 0. The lowest BCUT2D eigenvalue weighted by Crippen LogP contribution is -2.39. The average Bonchev–Trinajstić information content (AvgIpc) is 2.56. The molecule has 3 rings (SSSR count). The van der Waals surface area contributed by atoms with Crippen LogP contribution in [0.1, 0.15) is 38.5 Å². The van der Waals surface area contributed by atoms with Gasteiger partial charge in [0.25, 0.3) is 0 Å². The average molecular weight is 284 g/mol. The Morgan fingerprint density at radius 2 is 1.95 bits per heavy atom. The molecule has 0 atom stereocenters. The second-order valence-electron chi connectivity index (χ2n) is 5.88. The summed E-state index contributed by atoms with van der Waals surface area (Å²) in [5, 5.41) is 11.1. The lowest BCUT2D eigenvalue weighted by atomic mass is 9.93. The summed E-state index contributed by atoms with van der Waals surface area (Å²) in [6.07, 6.45) is 9.37. The van der Waals surface area contributed by atoms with Gasteiger partial charge in [-0.25, -0.2) is 0 Å². The van der Waals surface area contributed by atoms with Gasteiger partial charge in [-0.2, -0.15) is 5.10 Å². The SMILES string of the molecule is NCCCN(c1nncc2ccccc12)C1CCCCC1. The number of fused-ring (bicyclic) bond motifs is 1. The Hall–Kier alpha value is -1.68. The molecule has 21 heavy (non-hydrogen) atoms. The molecule has 0 radical (unpaired) electrons. The molecule has 0 aliphatic heterocycles. The van der Waals surface area contributed by atoms with Gasteiger partial charge in [0.1, 0.15) is 0 Å². The predicted molar refractivity (Wildman–Crippen MR) is 87.4 cm³/mol. The van der Waals surface area contributed by atoms with E-state index < -0.39 is 0 Å². The van der Waals surface area contributed by atoms with Crippen LogP contribution in [0, 0.1) is 0 Å². The molecule has 1 heterocycles. The highest BCUT2D eigenvalue weighted by atomic mass is 15.3. The highest BCUT2D eigenvalue weighted by molar-refractivity contribution is 5.91. The molecule has 4 heteroatoms. The molecule has 0 unspecified atom stereocenters. The Kier molecular flexibility index (Phi) is 4.65. The Morgan fingerprint density at radius 1 is 1.14 bits per heavy atom. The number of hydrogen-bond donors (Lipinski definition) is 1. The summed E-state index contributed by atoms with van der Waals surface area (Å²) in [5.74, 6) is 1.04. The molecule has 1 aromatic heterocycles. The summed E-state index contributed by atoms with van der Waals surface area (Å²) >= 11 is 0. The van der Waals surface area contributed by atoms with Crippen molar-refractivity contribution in [3.63, 3.8) is 0 Å². The molecular weight excluding hydrogens is 260 g/mol. The molecule has 1 saturated carbocycles. The Bertz CT molecular complexity index is 573. The fraction of sp³-hybridized carbons (Fsp3) is 0.529. The first-order valence-corrected chi connectivity index (χ1v) is 8.07. The Morgan fingerprint density at radius 3 is 2.76 bits per heavy atom. The minimum Gasteiger partial charge on any atom is -0.352 e. The monoisotopic (exact) mass is 284 g/mol. The fourth-order valence-electron chi connectivity index (χ4n) is 3.34. The van der Waals surface area contributed by atoms with Crippen LogP contribution in [0.4, 0.5) is 5.82 Å². The van der Waals surface area contributed by atoms with Crippen LogP contribution in [-0.4, -0.2) is 29.3 Å².